The van der Waals surface area contributed by atoms with Gasteiger partial charge in [0.15, 0.2) is 10.9 Å². The van der Waals surface area contributed by atoms with Crippen molar-refractivity contribution in [1.82, 2.24) is 14.5 Å². The van der Waals surface area contributed by atoms with Crippen LogP contribution in [0.3, 0.4) is 0 Å². The number of fused-ring (bicyclic) bond motifs is 1. The first kappa shape index (κ1) is 28.5. The number of aromatic hydroxyl groups is 1. The predicted molar refractivity (Wildman–Crippen MR) is 139 cm³/mol. The second kappa shape index (κ2) is 10.2. The number of amides is 1. The van der Waals surface area contributed by atoms with E-state index in [1.807, 2.05) is 0 Å². The molecule has 0 aliphatic heterocycles. The Morgan fingerprint density at radius 1 is 1.08 bits per heavy atom. The van der Waals surface area contributed by atoms with Crippen molar-refractivity contribution in [3.63, 3.8) is 0 Å². The van der Waals surface area contributed by atoms with E-state index in [9.17, 15) is 32.3 Å². The summed E-state index contributed by atoms with van der Waals surface area (Å²) in [6.07, 6.45) is -4.78. The maximum Gasteiger partial charge on any atom is 0.416 e. The Kier molecular flexibility index (Phi) is 7.48. The highest BCUT2D eigenvalue weighted by molar-refractivity contribution is 6.58. The summed E-state index contributed by atoms with van der Waals surface area (Å²) in [7, 11) is 17.2. The molecule has 4 rings (SSSR count). The minimum Gasteiger partial charge on any atom is -0.504 e. The fourth-order valence-corrected chi connectivity index (χ4v) is 4.19. The van der Waals surface area contributed by atoms with Crippen LogP contribution in [0.4, 0.5) is 23.2 Å². The molecule has 0 saturated carbocycles. The number of nitrogens with zero attached hydrogens (tertiary/aromatic N) is 3. The zero-order chi connectivity index (χ0) is 28.9. The lowest BCUT2D eigenvalue weighted by molar-refractivity contribution is -0.138. The molecule has 1 amide bonds. The number of rotatable bonds is 5. The summed E-state index contributed by atoms with van der Waals surface area (Å²) in [5.74, 6) is -3.22. The van der Waals surface area contributed by atoms with Crippen LogP contribution in [0.1, 0.15) is 27.4 Å². The fraction of sp³-hybridized carbons (Fsp3) is 0.130. The Balaban J connectivity index is 1.93. The maximum atomic E-state index is 14.8. The molecule has 39 heavy (non-hydrogen) atoms. The van der Waals surface area contributed by atoms with Crippen LogP contribution in [0, 0.1) is 5.82 Å². The van der Waals surface area contributed by atoms with Gasteiger partial charge in [-0.3, -0.25) is 14.2 Å². The summed E-state index contributed by atoms with van der Waals surface area (Å²) in [4.78, 5) is 34.2. The molecular weight excluding hydrogens is 560 g/mol. The average molecular weight is 571 g/mol. The number of hydrogen-bond donors (Lipinski definition) is 2. The summed E-state index contributed by atoms with van der Waals surface area (Å²) in [5, 5.41) is 8.31. The second-order valence-corrected chi connectivity index (χ2v) is 9.08. The molecule has 2 aromatic carbocycles. The number of alkyl halides is 3. The molecule has 0 bridgehead atoms. The Hall–Kier alpha value is -3.51. The summed E-state index contributed by atoms with van der Waals surface area (Å²) in [5.41, 5.74) is -3.82. The highest BCUT2D eigenvalue weighted by Crippen LogP contribution is 2.33. The van der Waals surface area contributed by atoms with Gasteiger partial charge in [0.2, 0.25) is 0 Å². The molecule has 2 N–H and O–H groups in total. The normalized spacial score (nSPS) is 12.1. The lowest BCUT2D eigenvalue weighted by Crippen LogP contribution is -2.39. The molecule has 0 saturated heterocycles. The number of hydrogen-bond acceptors (Lipinski definition) is 5. The number of aromatic nitrogens is 3. The van der Waals surface area contributed by atoms with Crippen molar-refractivity contribution in [3.05, 3.63) is 91.5 Å². The number of carbonyl (C=O) groups is 1. The van der Waals surface area contributed by atoms with Crippen LogP contribution in [0.2, 0.25) is 10.2 Å². The molecular formula is C23H11B3Cl2F4N4O3. The maximum absolute atomic E-state index is 14.8. The standard InChI is InChI=1S/C23H11B3Cl2F4N4O3/c24-22(25,26)21-35-16-12(29)5-6-13(34-19(38)14-7-11(27)17(37)18(28)33-14)15(16)20(39)36(21)8-9-3-1-2-4-10(9)23(30,31)32/h1-7,37H,8H2,(H,34,38). The Morgan fingerprint density at radius 2 is 1.74 bits per heavy atom. The number of nitrogens with one attached hydrogen (secondary N) is 1. The van der Waals surface area contributed by atoms with Crippen LogP contribution >= 0.6 is 23.2 Å². The van der Waals surface area contributed by atoms with Crippen molar-refractivity contribution < 1.29 is 27.5 Å². The highest BCUT2D eigenvalue weighted by Gasteiger charge is 2.34. The van der Waals surface area contributed by atoms with E-state index in [2.05, 4.69) is 15.3 Å². The SMILES string of the molecule is [B]C([B])([B])c1nc2c(F)ccc(NC(=O)c3cc(Cl)c(O)c(Cl)n3)c2c(=O)n1Cc1ccccc1C(F)(F)F. The van der Waals surface area contributed by atoms with E-state index in [-0.39, 0.29) is 22.0 Å². The fourth-order valence-electron chi connectivity index (χ4n) is 3.76. The molecule has 2 aromatic heterocycles. The van der Waals surface area contributed by atoms with Crippen LogP contribution in [0.5, 0.6) is 5.75 Å². The molecule has 0 atom stereocenters. The molecule has 0 unspecified atom stereocenters. The van der Waals surface area contributed by atoms with Gasteiger partial charge >= 0.3 is 6.18 Å². The van der Waals surface area contributed by atoms with Gasteiger partial charge in [-0.2, -0.15) is 13.2 Å². The zero-order valence-electron chi connectivity index (χ0n) is 19.4. The van der Waals surface area contributed by atoms with Gasteiger partial charge in [-0.05, 0) is 29.8 Å². The Morgan fingerprint density at radius 3 is 2.36 bits per heavy atom. The number of pyridine rings is 1. The second-order valence-electron chi connectivity index (χ2n) is 8.32. The molecule has 0 fully saturated rings. The minimum absolute atomic E-state index is 0.294. The van der Waals surface area contributed by atoms with Gasteiger partial charge in [-0.25, -0.2) is 14.4 Å². The van der Waals surface area contributed by atoms with Crippen molar-refractivity contribution in [1.29, 1.82) is 0 Å². The number of halogens is 6. The first-order valence-corrected chi connectivity index (χ1v) is 11.5. The molecule has 6 radical (unpaired) electrons. The van der Waals surface area contributed by atoms with E-state index in [1.54, 1.807) is 0 Å². The van der Waals surface area contributed by atoms with Gasteiger partial charge in [0, 0.05) is 0 Å². The molecule has 2 heterocycles. The first-order valence-electron chi connectivity index (χ1n) is 10.7. The third-order valence-corrected chi connectivity index (χ3v) is 6.04. The van der Waals surface area contributed by atoms with E-state index in [0.29, 0.717) is 4.57 Å². The first-order chi connectivity index (χ1) is 18.1. The van der Waals surface area contributed by atoms with Crippen molar-refractivity contribution in [2.75, 3.05) is 5.32 Å². The Bertz CT molecular complexity index is 1670. The van der Waals surface area contributed by atoms with Gasteiger partial charge in [-0.1, -0.05) is 46.5 Å². The van der Waals surface area contributed by atoms with Crippen molar-refractivity contribution in [2.45, 2.75) is 17.8 Å². The molecule has 7 nitrogen and oxygen atoms in total. The van der Waals surface area contributed by atoms with Crippen LogP contribution in [-0.2, 0) is 17.8 Å². The van der Waals surface area contributed by atoms with Crippen molar-refractivity contribution in [2.24, 2.45) is 0 Å². The van der Waals surface area contributed by atoms with E-state index in [0.717, 1.165) is 36.4 Å². The van der Waals surface area contributed by atoms with Crippen LogP contribution in [0.15, 0.2) is 47.3 Å². The van der Waals surface area contributed by atoms with Gasteiger partial charge in [-0.15, -0.1) is 0 Å². The Labute approximate surface area is 231 Å². The molecule has 0 aliphatic carbocycles. The molecule has 16 heteroatoms. The van der Waals surface area contributed by atoms with Crippen LogP contribution in [-0.4, -0.2) is 49.1 Å². The van der Waals surface area contributed by atoms with Crippen LogP contribution in [0.25, 0.3) is 10.9 Å². The minimum atomic E-state index is -4.78. The van der Waals surface area contributed by atoms with Crippen molar-refractivity contribution in [3.8, 4) is 5.75 Å². The quantitative estimate of drug-likeness (QED) is 0.216. The summed E-state index contributed by atoms with van der Waals surface area (Å²) in [6.45, 7) is -0.755. The monoisotopic (exact) mass is 570 g/mol. The van der Waals surface area contributed by atoms with Gasteiger partial charge in [0.25, 0.3) is 11.5 Å². The lowest BCUT2D eigenvalue weighted by Gasteiger charge is -2.26. The largest absolute Gasteiger partial charge is 0.504 e. The predicted octanol–water partition coefficient (Wildman–Crippen LogP) is 3.88. The van der Waals surface area contributed by atoms with Crippen LogP contribution < -0.4 is 10.9 Å². The molecule has 0 aliphatic rings. The van der Waals surface area contributed by atoms with Gasteiger partial charge < -0.3 is 10.4 Å². The lowest BCUT2D eigenvalue weighted by atomic mass is 9.42. The number of carbonyl (C=O) groups excluding carboxylic acids is 1. The highest BCUT2D eigenvalue weighted by atomic mass is 35.5. The smallest absolute Gasteiger partial charge is 0.416 e. The van der Waals surface area contributed by atoms with E-state index in [1.165, 1.54) is 6.07 Å². The summed E-state index contributed by atoms with van der Waals surface area (Å²) < 4.78 is 56.4. The average Bonchev–Trinajstić information content (AvgIpc) is 2.84. The number of benzene rings is 2. The van der Waals surface area contributed by atoms with E-state index in [4.69, 9.17) is 46.7 Å². The zero-order valence-corrected chi connectivity index (χ0v) is 20.9. The third kappa shape index (κ3) is 5.62. The number of anilines is 1. The van der Waals surface area contributed by atoms with Gasteiger partial charge in [0.05, 0.1) is 57.6 Å². The van der Waals surface area contributed by atoms with Crippen molar-refractivity contribution >= 4 is 69.2 Å². The van der Waals surface area contributed by atoms with E-state index >= 15 is 0 Å². The topological polar surface area (TPSA) is 97.1 Å². The summed E-state index contributed by atoms with van der Waals surface area (Å²) >= 11 is 11.6. The van der Waals surface area contributed by atoms with E-state index < -0.39 is 68.3 Å². The molecule has 192 valence electrons. The third-order valence-electron chi connectivity index (χ3n) is 5.48. The molecule has 0 spiro atoms. The molecule has 4 aromatic rings. The van der Waals surface area contributed by atoms with Gasteiger partial charge in [0.1, 0.15) is 17.0 Å². The summed E-state index contributed by atoms with van der Waals surface area (Å²) in [6, 6.07) is 7.28.